The lowest BCUT2D eigenvalue weighted by atomic mass is 9.98. The van der Waals surface area contributed by atoms with Crippen LogP contribution >= 0.6 is 0 Å². The molecule has 0 aliphatic carbocycles. The van der Waals surface area contributed by atoms with Gasteiger partial charge in [-0.25, -0.2) is 4.39 Å². The highest BCUT2D eigenvalue weighted by atomic mass is 19.1. The molecule has 1 heterocycles. The van der Waals surface area contributed by atoms with Crippen LogP contribution in [0.25, 0.3) is 0 Å². The van der Waals surface area contributed by atoms with E-state index < -0.39 is 0 Å². The molecule has 3 nitrogen and oxygen atoms in total. The summed E-state index contributed by atoms with van der Waals surface area (Å²) < 4.78 is 18.3. The summed E-state index contributed by atoms with van der Waals surface area (Å²) in [5, 5.41) is 0. The molecule has 1 unspecified atom stereocenters. The van der Waals surface area contributed by atoms with Crippen molar-refractivity contribution < 1.29 is 13.9 Å². The first-order valence-electron chi connectivity index (χ1n) is 8.29. The summed E-state index contributed by atoms with van der Waals surface area (Å²) in [7, 11) is 0. The summed E-state index contributed by atoms with van der Waals surface area (Å²) in [6.45, 7) is 5.20. The van der Waals surface area contributed by atoms with Gasteiger partial charge in [0.15, 0.2) is 0 Å². The van der Waals surface area contributed by atoms with Gasteiger partial charge in [0.2, 0.25) is 5.91 Å². The highest BCUT2D eigenvalue weighted by Gasteiger charge is 2.23. The SMILES string of the molecule is CCOCC1CCCN(C(=O)CCCc2ccc(F)cc2)C1. The molecule has 0 saturated carbocycles. The average Bonchev–Trinajstić information content (AvgIpc) is 2.55. The summed E-state index contributed by atoms with van der Waals surface area (Å²) in [5.41, 5.74) is 1.09. The van der Waals surface area contributed by atoms with Gasteiger partial charge in [0.05, 0.1) is 6.61 Å². The van der Waals surface area contributed by atoms with Crippen LogP contribution in [0.15, 0.2) is 24.3 Å². The second kappa shape index (κ2) is 8.89. The highest BCUT2D eigenvalue weighted by Crippen LogP contribution is 2.18. The third kappa shape index (κ3) is 5.41. The Labute approximate surface area is 132 Å². The number of carbonyl (C=O) groups excluding carboxylic acids is 1. The second-order valence-corrected chi connectivity index (χ2v) is 5.99. The van der Waals surface area contributed by atoms with E-state index >= 15 is 0 Å². The first-order valence-corrected chi connectivity index (χ1v) is 8.29. The molecule has 1 aromatic rings. The maximum Gasteiger partial charge on any atom is 0.222 e. The van der Waals surface area contributed by atoms with Crippen molar-refractivity contribution in [3.05, 3.63) is 35.6 Å². The monoisotopic (exact) mass is 307 g/mol. The minimum absolute atomic E-state index is 0.214. The van der Waals surface area contributed by atoms with E-state index in [9.17, 15) is 9.18 Å². The van der Waals surface area contributed by atoms with E-state index in [4.69, 9.17) is 4.74 Å². The van der Waals surface area contributed by atoms with Crippen LogP contribution in [0.4, 0.5) is 4.39 Å². The molecule has 0 bridgehead atoms. The van der Waals surface area contributed by atoms with Gasteiger partial charge in [0.25, 0.3) is 0 Å². The summed E-state index contributed by atoms with van der Waals surface area (Å²) in [5.74, 6) is 0.506. The summed E-state index contributed by atoms with van der Waals surface area (Å²) >= 11 is 0. The molecule has 0 aromatic heterocycles. The van der Waals surface area contributed by atoms with Crippen LogP contribution in [0.2, 0.25) is 0 Å². The summed E-state index contributed by atoms with van der Waals surface area (Å²) in [6, 6.07) is 6.53. The quantitative estimate of drug-likeness (QED) is 0.772. The van der Waals surface area contributed by atoms with E-state index in [0.717, 1.165) is 57.6 Å². The van der Waals surface area contributed by atoms with Gasteiger partial charge in [0, 0.05) is 26.1 Å². The lowest BCUT2D eigenvalue weighted by molar-refractivity contribution is -0.133. The van der Waals surface area contributed by atoms with E-state index in [-0.39, 0.29) is 11.7 Å². The lowest BCUT2D eigenvalue weighted by Gasteiger charge is -2.32. The fourth-order valence-corrected chi connectivity index (χ4v) is 2.97. The van der Waals surface area contributed by atoms with Crippen LogP contribution in [0.3, 0.4) is 0 Å². The van der Waals surface area contributed by atoms with Gasteiger partial charge >= 0.3 is 0 Å². The molecule has 1 saturated heterocycles. The topological polar surface area (TPSA) is 29.5 Å². The normalized spacial score (nSPS) is 18.5. The van der Waals surface area contributed by atoms with Gasteiger partial charge in [0.1, 0.15) is 5.82 Å². The number of halogens is 1. The second-order valence-electron chi connectivity index (χ2n) is 5.99. The van der Waals surface area contributed by atoms with Crippen LogP contribution in [-0.2, 0) is 16.0 Å². The van der Waals surface area contributed by atoms with Crippen molar-refractivity contribution in [2.45, 2.75) is 39.0 Å². The molecule has 22 heavy (non-hydrogen) atoms. The van der Waals surface area contributed by atoms with E-state index in [2.05, 4.69) is 0 Å². The number of aryl methyl sites for hydroxylation is 1. The van der Waals surface area contributed by atoms with Crippen molar-refractivity contribution >= 4 is 5.91 Å². The Balaban J connectivity index is 1.71. The molecule has 1 atom stereocenters. The average molecular weight is 307 g/mol. The number of amides is 1. The zero-order chi connectivity index (χ0) is 15.8. The largest absolute Gasteiger partial charge is 0.381 e. The molecular weight excluding hydrogens is 281 g/mol. The standard InChI is InChI=1S/C18H26FNO2/c1-2-22-14-16-6-4-12-20(13-16)18(21)7-3-5-15-8-10-17(19)11-9-15/h8-11,16H,2-7,12-14H2,1H3. The molecule has 2 rings (SSSR count). The molecule has 0 N–H and O–H groups in total. The van der Waals surface area contributed by atoms with Crippen LogP contribution in [0.5, 0.6) is 0 Å². The molecule has 1 fully saturated rings. The maximum atomic E-state index is 12.8. The van der Waals surface area contributed by atoms with Gasteiger partial charge in [-0.1, -0.05) is 12.1 Å². The van der Waals surface area contributed by atoms with Gasteiger partial charge in [-0.3, -0.25) is 4.79 Å². The van der Waals surface area contributed by atoms with Crippen LogP contribution < -0.4 is 0 Å². The minimum Gasteiger partial charge on any atom is -0.381 e. The molecule has 0 spiro atoms. The first-order chi connectivity index (χ1) is 10.7. The molecule has 4 heteroatoms. The molecule has 1 aliphatic rings. The zero-order valence-corrected chi connectivity index (χ0v) is 13.4. The van der Waals surface area contributed by atoms with Gasteiger partial charge in [-0.2, -0.15) is 0 Å². The molecular formula is C18H26FNO2. The van der Waals surface area contributed by atoms with E-state index in [1.165, 1.54) is 12.1 Å². The number of carbonyl (C=O) groups is 1. The van der Waals surface area contributed by atoms with Gasteiger partial charge < -0.3 is 9.64 Å². The number of likely N-dealkylation sites (tertiary alicyclic amines) is 1. The first kappa shape index (κ1) is 16.9. The number of ether oxygens (including phenoxy) is 1. The molecule has 1 aromatic carbocycles. The molecule has 0 radical (unpaired) electrons. The van der Waals surface area contributed by atoms with Crippen LogP contribution in [0.1, 0.15) is 38.2 Å². The Morgan fingerprint density at radius 2 is 2.14 bits per heavy atom. The van der Waals surface area contributed by atoms with Crippen molar-refractivity contribution in [2.75, 3.05) is 26.3 Å². The summed E-state index contributed by atoms with van der Waals surface area (Å²) in [6.07, 6.45) is 4.43. The maximum absolute atomic E-state index is 12.8. The van der Waals surface area contributed by atoms with Crippen LogP contribution in [-0.4, -0.2) is 37.1 Å². The number of benzene rings is 1. The predicted octanol–water partition coefficient (Wildman–Crippen LogP) is 3.42. The van der Waals surface area contributed by atoms with E-state index in [1.807, 2.05) is 11.8 Å². The summed E-state index contributed by atoms with van der Waals surface area (Å²) in [4.78, 5) is 14.3. The lowest BCUT2D eigenvalue weighted by Crippen LogP contribution is -2.41. The van der Waals surface area contributed by atoms with Gasteiger partial charge in [-0.05, 0) is 56.2 Å². The predicted molar refractivity (Wildman–Crippen MR) is 85.1 cm³/mol. The Morgan fingerprint density at radius 1 is 1.36 bits per heavy atom. The number of hydrogen-bond acceptors (Lipinski definition) is 2. The van der Waals surface area contributed by atoms with Crippen molar-refractivity contribution in [3.8, 4) is 0 Å². The number of piperidine rings is 1. The number of nitrogens with zero attached hydrogens (tertiary/aromatic N) is 1. The smallest absolute Gasteiger partial charge is 0.222 e. The fourth-order valence-electron chi connectivity index (χ4n) is 2.97. The van der Waals surface area contributed by atoms with E-state index in [1.54, 1.807) is 12.1 Å². The molecule has 1 aliphatic heterocycles. The molecule has 122 valence electrons. The zero-order valence-electron chi connectivity index (χ0n) is 13.4. The van der Waals surface area contributed by atoms with Crippen molar-refractivity contribution in [1.29, 1.82) is 0 Å². The molecule has 1 amide bonds. The van der Waals surface area contributed by atoms with Gasteiger partial charge in [-0.15, -0.1) is 0 Å². The highest BCUT2D eigenvalue weighted by molar-refractivity contribution is 5.76. The Kier molecular flexibility index (Phi) is 6.84. The van der Waals surface area contributed by atoms with E-state index in [0.29, 0.717) is 12.3 Å². The third-order valence-electron chi connectivity index (χ3n) is 4.20. The number of rotatable bonds is 7. The van der Waals surface area contributed by atoms with Crippen molar-refractivity contribution in [1.82, 2.24) is 4.90 Å². The minimum atomic E-state index is -0.214. The van der Waals surface area contributed by atoms with Crippen molar-refractivity contribution in [3.63, 3.8) is 0 Å². The third-order valence-corrected chi connectivity index (χ3v) is 4.20. The fraction of sp³-hybridized carbons (Fsp3) is 0.611. The van der Waals surface area contributed by atoms with Crippen molar-refractivity contribution in [2.24, 2.45) is 5.92 Å². The number of hydrogen-bond donors (Lipinski definition) is 0. The Bertz CT molecular complexity index is 461. The Morgan fingerprint density at radius 3 is 2.86 bits per heavy atom. The van der Waals surface area contributed by atoms with Crippen LogP contribution in [0, 0.1) is 11.7 Å². The Hall–Kier alpha value is -1.42.